The third kappa shape index (κ3) is 4.87. The molecular formula is C24H26N4O. The molecule has 4 rings (SSSR count). The molecule has 29 heavy (non-hydrogen) atoms. The van der Waals surface area contributed by atoms with E-state index in [1.807, 2.05) is 48.6 Å². The molecule has 5 heteroatoms. The minimum atomic E-state index is -0.0599. The summed E-state index contributed by atoms with van der Waals surface area (Å²) < 4.78 is 0. The van der Waals surface area contributed by atoms with Crippen LogP contribution in [0.1, 0.15) is 11.3 Å². The fraction of sp³-hybridized carbons (Fsp3) is 0.292. The van der Waals surface area contributed by atoms with Crippen LogP contribution in [0.25, 0.3) is 11.1 Å². The van der Waals surface area contributed by atoms with Gasteiger partial charge in [0, 0.05) is 51.8 Å². The molecule has 3 aromatic rings. The molecule has 0 radical (unpaired) electrons. The van der Waals surface area contributed by atoms with Crippen molar-refractivity contribution in [1.29, 1.82) is 0 Å². The quantitative estimate of drug-likeness (QED) is 0.675. The standard InChI is InChI=1S/C24H26N4O/c1-27-12-13-28(18-23-9-2-3-11-26-23)17-22(24(27)29)15-19-6-4-7-20(14-19)21-8-5-10-25-16-21/h2-11,14,16,22H,12-13,15,17-18H2,1H3. The zero-order valence-corrected chi connectivity index (χ0v) is 16.7. The van der Waals surface area contributed by atoms with Gasteiger partial charge in [-0.05, 0) is 41.3 Å². The fourth-order valence-electron chi connectivity index (χ4n) is 3.91. The van der Waals surface area contributed by atoms with Gasteiger partial charge < -0.3 is 4.90 Å². The van der Waals surface area contributed by atoms with Crippen molar-refractivity contribution in [2.45, 2.75) is 13.0 Å². The van der Waals surface area contributed by atoms with Crippen molar-refractivity contribution in [3.05, 3.63) is 84.4 Å². The van der Waals surface area contributed by atoms with E-state index in [1.165, 1.54) is 5.56 Å². The Morgan fingerprint density at radius 2 is 1.90 bits per heavy atom. The van der Waals surface area contributed by atoms with E-state index in [4.69, 9.17) is 0 Å². The molecule has 3 heterocycles. The van der Waals surface area contributed by atoms with Crippen LogP contribution in [0, 0.1) is 5.92 Å². The average molecular weight is 386 g/mol. The molecule has 1 aliphatic rings. The van der Waals surface area contributed by atoms with E-state index >= 15 is 0 Å². The molecule has 0 N–H and O–H groups in total. The highest BCUT2D eigenvalue weighted by molar-refractivity contribution is 5.79. The van der Waals surface area contributed by atoms with Gasteiger partial charge in [0.2, 0.25) is 5.91 Å². The molecular weight excluding hydrogens is 360 g/mol. The SMILES string of the molecule is CN1CCN(Cc2ccccn2)CC(Cc2cccc(-c3cccnc3)c2)C1=O. The first kappa shape index (κ1) is 19.3. The maximum atomic E-state index is 13.0. The normalized spacial score (nSPS) is 17.9. The molecule has 1 unspecified atom stereocenters. The van der Waals surface area contributed by atoms with Crippen LogP contribution in [0.3, 0.4) is 0 Å². The second-order valence-corrected chi connectivity index (χ2v) is 7.66. The topological polar surface area (TPSA) is 49.3 Å². The minimum Gasteiger partial charge on any atom is -0.344 e. The number of benzene rings is 1. The van der Waals surface area contributed by atoms with Gasteiger partial charge in [-0.1, -0.05) is 36.4 Å². The Labute approximate surface area is 172 Å². The number of pyridine rings is 2. The van der Waals surface area contributed by atoms with Gasteiger partial charge in [0.05, 0.1) is 11.6 Å². The number of nitrogens with zero attached hydrogens (tertiary/aromatic N) is 4. The molecule has 0 aliphatic carbocycles. The molecule has 5 nitrogen and oxygen atoms in total. The first-order valence-electron chi connectivity index (χ1n) is 10.1. The van der Waals surface area contributed by atoms with Crippen molar-refractivity contribution < 1.29 is 4.79 Å². The highest BCUT2D eigenvalue weighted by Crippen LogP contribution is 2.23. The van der Waals surface area contributed by atoms with E-state index in [2.05, 4.69) is 45.2 Å². The highest BCUT2D eigenvalue weighted by atomic mass is 16.2. The van der Waals surface area contributed by atoms with Gasteiger partial charge in [0.15, 0.2) is 0 Å². The molecule has 2 aromatic heterocycles. The zero-order chi connectivity index (χ0) is 20.1. The molecule has 0 bridgehead atoms. The predicted octanol–water partition coefficient (Wildman–Crippen LogP) is 3.28. The Balaban J connectivity index is 1.52. The Morgan fingerprint density at radius 3 is 2.69 bits per heavy atom. The van der Waals surface area contributed by atoms with E-state index < -0.39 is 0 Å². The van der Waals surface area contributed by atoms with Gasteiger partial charge in [0.1, 0.15) is 0 Å². The average Bonchev–Trinajstić information content (AvgIpc) is 2.89. The van der Waals surface area contributed by atoms with Crippen LogP contribution >= 0.6 is 0 Å². The number of likely N-dealkylation sites (N-methyl/N-ethyl adjacent to an activating group) is 1. The van der Waals surface area contributed by atoms with E-state index in [-0.39, 0.29) is 11.8 Å². The van der Waals surface area contributed by atoms with E-state index in [1.54, 1.807) is 6.20 Å². The molecule has 1 atom stereocenters. The first-order valence-corrected chi connectivity index (χ1v) is 10.1. The predicted molar refractivity (Wildman–Crippen MR) is 114 cm³/mol. The molecule has 1 saturated heterocycles. The lowest BCUT2D eigenvalue weighted by Crippen LogP contribution is -2.34. The van der Waals surface area contributed by atoms with Crippen molar-refractivity contribution in [1.82, 2.24) is 19.8 Å². The van der Waals surface area contributed by atoms with E-state index in [9.17, 15) is 4.79 Å². The van der Waals surface area contributed by atoms with Gasteiger partial charge >= 0.3 is 0 Å². The molecule has 0 spiro atoms. The summed E-state index contributed by atoms with van der Waals surface area (Å²) in [5.41, 5.74) is 4.45. The summed E-state index contributed by atoms with van der Waals surface area (Å²) >= 11 is 0. The summed E-state index contributed by atoms with van der Waals surface area (Å²) in [5.74, 6) is 0.163. The molecule has 1 amide bonds. The summed E-state index contributed by atoms with van der Waals surface area (Å²) in [7, 11) is 1.91. The summed E-state index contributed by atoms with van der Waals surface area (Å²) in [5, 5.41) is 0. The largest absolute Gasteiger partial charge is 0.344 e. The molecule has 148 valence electrons. The van der Waals surface area contributed by atoms with Crippen LogP contribution in [-0.2, 0) is 17.8 Å². The molecule has 1 fully saturated rings. The van der Waals surface area contributed by atoms with Crippen molar-refractivity contribution in [3.8, 4) is 11.1 Å². The Kier molecular flexibility index (Phi) is 5.96. The third-order valence-corrected chi connectivity index (χ3v) is 5.47. The lowest BCUT2D eigenvalue weighted by molar-refractivity contribution is -0.133. The maximum Gasteiger partial charge on any atom is 0.227 e. The summed E-state index contributed by atoms with van der Waals surface area (Å²) in [6, 6.07) is 18.4. The van der Waals surface area contributed by atoms with Gasteiger partial charge in [-0.15, -0.1) is 0 Å². The van der Waals surface area contributed by atoms with Crippen LogP contribution in [0.5, 0.6) is 0 Å². The molecule has 1 aliphatic heterocycles. The number of aromatic nitrogens is 2. The smallest absolute Gasteiger partial charge is 0.227 e. The zero-order valence-electron chi connectivity index (χ0n) is 16.7. The minimum absolute atomic E-state index is 0.0599. The first-order chi connectivity index (χ1) is 14.2. The van der Waals surface area contributed by atoms with Crippen molar-refractivity contribution in [3.63, 3.8) is 0 Å². The van der Waals surface area contributed by atoms with Gasteiger partial charge in [-0.2, -0.15) is 0 Å². The second-order valence-electron chi connectivity index (χ2n) is 7.66. The van der Waals surface area contributed by atoms with Crippen molar-refractivity contribution in [2.24, 2.45) is 5.92 Å². The number of carbonyl (C=O) groups excluding carboxylic acids is 1. The highest BCUT2D eigenvalue weighted by Gasteiger charge is 2.28. The van der Waals surface area contributed by atoms with Gasteiger partial charge in [-0.25, -0.2) is 0 Å². The van der Waals surface area contributed by atoms with Gasteiger partial charge in [-0.3, -0.25) is 19.7 Å². The van der Waals surface area contributed by atoms with E-state index in [0.717, 1.165) is 49.4 Å². The summed E-state index contributed by atoms with van der Waals surface area (Å²) in [6.07, 6.45) is 6.21. The van der Waals surface area contributed by atoms with Crippen molar-refractivity contribution in [2.75, 3.05) is 26.7 Å². The molecule has 1 aromatic carbocycles. The Hall–Kier alpha value is -3.05. The van der Waals surface area contributed by atoms with Crippen LogP contribution in [0.15, 0.2) is 73.2 Å². The monoisotopic (exact) mass is 386 g/mol. The fourth-order valence-corrected chi connectivity index (χ4v) is 3.91. The molecule has 0 saturated carbocycles. The van der Waals surface area contributed by atoms with Crippen molar-refractivity contribution >= 4 is 5.91 Å². The van der Waals surface area contributed by atoms with Crippen LogP contribution in [0.2, 0.25) is 0 Å². The van der Waals surface area contributed by atoms with E-state index in [0.29, 0.717) is 0 Å². The third-order valence-electron chi connectivity index (χ3n) is 5.47. The van der Waals surface area contributed by atoms with Crippen LogP contribution in [0.4, 0.5) is 0 Å². The lowest BCUT2D eigenvalue weighted by atomic mass is 9.95. The number of amides is 1. The lowest BCUT2D eigenvalue weighted by Gasteiger charge is -2.23. The van der Waals surface area contributed by atoms with Crippen LogP contribution < -0.4 is 0 Å². The van der Waals surface area contributed by atoms with Crippen LogP contribution in [-0.4, -0.2) is 52.4 Å². The summed E-state index contributed by atoms with van der Waals surface area (Å²) in [6.45, 7) is 3.13. The Bertz CT molecular complexity index is 945. The number of carbonyl (C=O) groups is 1. The second kappa shape index (κ2) is 8.97. The summed E-state index contributed by atoms with van der Waals surface area (Å²) in [4.78, 5) is 25.9. The van der Waals surface area contributed by atoms with Gasteiger partial charge in [0.25, 0.3) is 0 Å². The number of hydrogen-bond donors (Lipinski definition) is 0. The Morgan fingerprint density at radius 1 is 1.00 bits per heavy atom. The number of hydrogen-bond acceptors (Lipinski definition) is 4. The number of rotatable bonds is 5. The maximum absolute atomic E-state index is 13.0.